The number of carbonyl (C=O) groups is 1. The lowest BCUT2D eigenvalue weighted by atomic mass is 9.71. The fourth-order valence-electron chi connectivity index (χ4n) is 2.20. The molecule has 1 fully saturated rings. The molecule has 1 saturated heterocycles. The molecular weight excluding hydrogens is 180 g/mol. The minimum Gasteiger partial charge on any atom is -0.303 e. The molecule has 0 aromatic heterocycles. The van der Waals surface area contributed by atoms with Crippen molar-refractivity contribution in [2.24, 2.45) is 11.3 Å². The third kappa shape index (κ3) is 2.49. The second kappa shape index (κ2) is 5.04. The van der Waals surface area contributed by atoms with Gasteiger partial charge in [-0.15, -0.1) is 0 Å². The van der Waals surface area contributed by atoms with Crippen LogP contribution in [0.2, 0.25) is 0 Å². The number of rotatable bonds is 4. The zero-order chi connectivity index (χ0) is 9.73. The lowest BCUT2D eigenvalue weighted by Gasteiger charge is -2.37. The first-order chi connectivity index (χ1) is 6.25. The molecule has 2 heteroatoms. The third-order valence-electron chi connectivity index (χ3n) is 3.36. The van der Waals surface area contributed by atoms with E-state index >= 15 is 0 Å². The Labute approximate surface area is 85.7 Å². The van der Waals surface area contributed by atoms with Gasteiger partial charge in [0.05, 0.1) is 0 Å². The van der Waals surface area contributed by atoms with Crippen LogP contribution in [-0.4, -0.2) is 17.8 Å². The van der Waals surface area contributed by atoms with Crippen molar-refractivity contribution in [1.29, 1.82) is 0 Å². The van der Waals surface area contributed by atoms with Gasteiger partial charge in [-0.2, -0.15) is 11.8 Å². The van der Waals surface area contributed by atoms with Gasteiger partial charge >= 0.3 is 0 Å². The van der Waals surface area contributed by atoms with Crippen molar-refractivity contribution in [3.05, 3.63) is 0 Å². The van der Waals surface area contributed by atoms with Crippen LogP contribution in [0, 0.1) is 11.3 Å². The number of thioether (sulfide) groups is 1. The summed E-state index contributed by atoms with van der Waals surface area (Å²) in [6.07, 6.45) is 5.84. The Kier molecular flexibility index (Phi) is 4.30. The molecule has 0 radical (unpaired) electrons. The van der Waals surface area contributed by atoms with Crippen LogP contribution in [0.25, 0.3) is 0 Å². The molecule has 1 rings (SSSR count). The van der Waals surface area contributed by atoms with Crippen LogP contribution < -0.4 is 0 Å². The third-order valence-corrected chi connectivity index (χ3v) is 4.35. The van der Waals surface area contributed by atoms with E-state index in [4.69, 9.17) is 0 Å². The highest BCUT2D eigenvalue weighted by atomic mass is 32.2. The Bertz CT molecular complexity index is 161. The average molecular weight is 200 g/mol. The summed E-state index contributed by atoms with van der Waals surface area (Å²) in [5.41, 5.74) is 0.0290. The zero-order valence-corrected chi connectivity index (χ0v) is 9.53. The molecule has 1 nitrogen and oxygen atoms in total. The number of carbonyl (C=O) groups excluding carboxylic acids is 1. The van der Waals surface area contributed by atoms with E-state index in [0.29, 0.717) is 5.92 Å². The van der Waals surface area contributed by atoms with E-state index in [9.17, 15) is 4.79 Å². The van der Waals surface area contributed by atoms with Crippen molar-refractivity contribution < 1.29 is 4.79 Å². The maximum absolute atomic E-state index is 11.2. The normalized spacial score (nSPS) is 23.8. The van der Waals surface area contributed by atoms with Crippen LogP contribution in [0.4, 0.5) is 0 Å². The van der Waals surface area contributed by atoms with Crippen molar-refractivity contribution in [2.75, 3.05) is 11.5 Å². The Morgan fingerprint density at radius 2 is 2.08 bits per heavy atom. The lowest BCUT2D eigenvalue weighted by molar-refractivity contribution is -0.119. The Morgan fingerprint density at radius 1 is 1.46 bits per heavy atom. The lowest BCUT2D eigenvalue weighted by Crippen LogP contribution is -2.34. The SMILES string of the molecule is CCCC(C)C1(C=O)CCSCC1. The molecule has 76 valence electrons. The van der Waals surface area contributed by atoms with Gasteiger partial charge in [-0.3, -0.25) is 0 Å². The molecule has 0 N–H and O–H groups in total. The van der Waals surface area contributed by atoms with Gasteiger partial charge in [0.1, 0.15) is 6.29 Å². The molecule has 1 aliphatic rings. The number of hydrogen-bond donors (Lipinski definition) is 0. The van der Waals surface area contributed by atoms with Crippen molar-refractivity contribution in [2.45, 2.75) is 39.5 Å². The molecule has 0 aromatic rings. The standard InChI is InChI=1S/C11H20OS/c1-3-4-10(2)11(9-12)5-7-13-8-6-11/h9-10H,3-8H2,1-2H3. The highest BCUT2D eigenvalue weighted by Crippen LogP contribution is 2.41. The van der Waals surface area contributed by atoms with E-state index in [1.807, 2.05) is 11.8 Å². The molecule has 0 spiro atoms. The minimum atomic E-state index is 0.0290. The summed E-state index contributed by atoms with van der Waals surface area (Å²) in [7, 11) is 0. The summed E-state index contributed by atoms with van der Waals surface area (Å²) in [4.78, 5) is 11.2. The van der Waals surface area contributed by atoms with Crippen LogP contribution >= 0.6 is 11.8 Å². The first-order valence-corrected chi connectivity index (χ1v) is 6.44. The van der Waals surface area contributed by atoms with Crippen molar-refractivity contribution in [1.82, 2.24) is 0 Å². The van der Waals surface area contributed by atoms with E-state index < -0.39 is 0 Å². The van der Waals surface area contributed by atoms with Crippen LogP contribution in [0.1, 0.15) is 39.5 Å². The monoisotopic (exact) mass is 200 g/mol. The number of aldehydes is 1. The molecule has 1 aliphatic heterocycles. The topological polar surface area (TPSA) is 17.1 Å². The van der Waals surface area contributed by atoms with E-state index in [0.717, 1.165) is 12.8 Å². The van der Waals surface area contributed by atoms with Crippen LogP contribution in [0.3, 0.4) is 0 Å². The van der Waals surface area contributed by atoms with E-state index in [-0.39, 0.29) is 5.41 Å². The highest BCUT2D eigenvalue weighted by Gasteiger charge is 2.36. The van der Waals surface area contributed by atoms with Gasteiger partial charge in [0.15, 0.2) is 0 Å². The molecule has 13 heavy (non-hydrogen) atoms. The molecule has 0 aliphatic carbocycles. The fourth-order valence-corrected chi connectivity index (χ4v) is 3.45. The van der Waals surface area contributed by atoms with Gasteiger partial charge in [-0.05, 0) is 30.3 Å². The molecular formula is C11H20OS. The van der Waals surface area contributed by atoms with Gasteiger partial charge in [0.2, 0.25) is 0 Å². The average Bonchev–Trinajstić information content (AvgIpc) is 2.19. The summed E-state index contributed by atoms with van der Waals surface area (Å²) < 4.78 is 0. The van der Waals surface area contributed by atoms with Gasteiger partial charge < -0.3 is 4.79 Å². The highest BCUT2D eigenvalue weighted by molar-refractivity contribution is 7.99. The Morgan fingerprint density at radius 3 is 2.54 bits per heavy atom. The largest absolute Gasteiger partial charge is 0.303 e. The fraction of sp³-hybridized carbons (Fsp3) is 0.909. The summed E-state index contributed by atoms with van der Waals surface area (Å²) in [6.45, 7) is 4.44. The molecule has 1 heterocycles. The summed E-state index contributed by atoms with van der Waals surface area (Å²) in [6, 6.07) is 0. The Balaban J connectivity index is 2.60. The number of hydrogen-bond acceptors (Lipinski definition) is 2. The van der Waals surface area contributed by atoms with Gasteiger partial charge in [-0.1, -0.05) is 26.7 Å². The maximum Gasteiger partial charge on any atom is 0.126 e. The summed E-state index contributed by atoms with van der Waals surface area (Å²) in [5.74, 6) is 2.93. The van der Waals surface area contributed by atoms with E-state index in [2.05, 4.69) is 13.8 Å². The molecule has 1 atom stereocenters. The van der Waals surface area contributed by atoms with Crippen LogP contribution in [0.15, 0.2) is 0 Å². The first kappa shape index (κ1) is 11.1. The predicted molar refractivity (Wildman–Crippen MR) is 59.1 cm³/mol. The quantitative estimate of drug-likeness (QED) is 0.649. The van der Waals surface area contributed by atoms with Crippen LogP contribution in [0.5, 0.6) is 0 Å². The Hall–Kier alpha value is 0.0200. The van der Waals surface area contributed by atoms with Gasteiger partial charge in [-0.25, -0.2) is 0 Å². The van der Waals surface area contributed by atoms with Crippen molar-refractivity contribution in [3.8, 4) is 0 Å². The van der Waals surface area contributed by atoms with E-state index in [1.54, 1.807) is 0 Å². The van der Waals surface area contributed by atoms with Gasteiger partial charge in [0.25, 0.3) is 0 Å². The predicted octanol–water partition coefficient (Wildman–Crippen LogP) is 3.13. The first-order valence-electron chi connectivity index (χ1n) is 5.29. The molecule has 0 aromatic carbocycles. The smallest absolute Gasteiger partial charge is 0.126 e. The van der Waals surface area contributed by atoms with Gasteiger partial charge in [0, 0.05) is 5.41 Å². The van der Waals surface area contributed by atoms with Crippen LogP contribution in [-0.2, 0) is 4.79 Å². The van der Waals surface area contributed by atoms with Crippen molar-refractivity contribution in [3.63, 3.8) is 0 Å². The second-order valence-corrected chi connectivity index (χ2v) is 5.38. The molecule has 0 bridgehead atoms. The minimum absolute atomic E-state index is 0.0290. The zero-order valence-electron chi connectivity index (χ0n) is 8.71. The second-order valence-electron chi connectivity index (χ2n) is 4.15. The maximum atomic E-state index is 11.2. The summed E-state index contributed by atoms with van der Waals surface area (Å²) in [5, 5.41) is 0. The molecule has 1 unspecified atom stereocenters. The molecule has 0 amide bonds. The summed E-state index contributed by atoms with van der Waals surface area (Å²) >= 11 is 1.99. The van der Waals surface area contributed by atoms with E-state index in [1.165, 1.54) is 30.6 Å². The molecule has 0 saturated carbocycles. The van der Waals surface area contributed by atoms with Crippen molar-refractivity contribution >= 4 is 18.0 Å².